The lowest BCUT2D eigenvalue weighted by atomic mass is 10.0. The Kier molecular flexibility index (Phi) is 5.65. The zero-order valence-electron chi connectivity index (χ0n) is 18.7. The van der Waals surface area contributed by atoms with Gasteiger partial charge in [-0.1, -0.05) is 18.1 Å². The Morgan fingerprint density at radius 3 is 2.88 bits per heavy atom. The molecule has 1 unspecified atom stereocenters. The Balaban J connectivity index is 1.37. The van der Waals surface area contributed by atoms with E-state index in [0.717, 1.165) is 29.9 Å². The summed E-state index contributed by atoms with van der Waals surface area (Å²) in [5.74, 6) is 1.85. The van der Waals surface area contributed by atoms with Crippen LogP contribution in [0.3, 0.4) is 0 Å². The van der Waals surface area contributed by atoms with Gasteiger partial charge in [0.15, 0.2) is 17.1 Å². The van der Waals surface area contributed by atoms with Gasteiger partial charge in [-0.2, -0.15) is 4.52 Å². The van der Waals surface area contributed by atoms with Crippen LogP contribution in [0.5, 0.6) is 11.6 Å². The zero-order valence-corrected chi connectivity index (χ0v) is 18.7. The minimum absolute atomic E-state index is 0.226. The van der Waals surface area contributed by atoms with Crippen LogP contribution in [0.1, 0.15) is 36.1 Å². The maximum atomic E-state index is 10.1. The molecular formula is C22H25N7O4. The fourth-order valence-electron chi connectivity index (χ4n) is 3.90. The van der Waals surface area contributed by atoms with Crippen molar-refractivity contribution in [3.63, 3.8) is 0 Å². The lowest BCUT2D eigenvalue weighted by Crippen LogP contribution is -2.39. The largest absolute Gasteiger partial charge is 0.491 e. The van der Waals surface area contributed by atoms with E-state index in [2.05, 4.69) is 25.4 Å². The minimum atomic E-state index is -0.418. The number of hydrogen-bond donors (Lipinski definition) is 1. The van der Waals surface area contributed by atoms with E-state index < -0.39 is 6.23 Å². The second kappa shape index (κ2) is 8.75. The molecule has 0 saturated heterocycles. The number of rotatable bonds is 7. The van der Waals surface area contributed by atoms with Crippen LogP contribution in [-0.4, -0.2) is 59.8 Å². The Labute approximate surface area is 190 Å². The normalized spacial score (nSPS) is 14.9. The molecule has 11 heteroatoms. The van der Waals surface area contributed by atoms with Crippen LogP contribution < -0.4 is 9.47 Å². The molecule has 0 aromatic carbocycles. The summed E-state index contributed by atoms with van der Waals surface area (Å²) in [5.41, 5.74) is 3.99. The van der Waals surface area contributed by atoms with Gasteiger partial charge >= 0.3 is 0 Å². The van der Waals surface area contributed by atoms with Crippen molar-refractivity contribution in [2.75, 3.05) is 13.7 Å². The van der Waals surface area contributed by atoms with Crippen molar-refractivity contribution >= 4 is 5.65 Å². The van der Waals surface area contributed by atoms with Crippen LogP contribution in [0.25, 0.3) is 17.2 Å². The molecule has 0 saturated carbocycles. The van der Waals surface area contributed by atoms with Crippen molar-refractivity contribution < 1.29 is 19.1 Å². The third-order valence-electron chi connectivity index (χ3n) is 5.68. The first kappa shape index (κ1) is 21.3. The lowest BCUT2D eigenvalue weighted by Gasteiger charge is -2.31. The van der Waals surface area contributed by atoms with Gasteiger partial charge in [-0.15, -0.1) is 15.3 Å². The highest BCUT2D eigenvalue weighted by molar-refractivity contribution is 5.56. The number of aliphatic hydroxyl groups excluding tert-OH is 1. The smallest absolute Gasteiger partial charge is 0.275 e. The second-order valence-corrected chi connectivity index (χ2v) is 7.94. The molecule has 1 aliphatic heterocycles. The highest BCUT2D eigenvalue weighted by atomic mass is 16.5. The number of hydrogen-bond acceptors (Lipinski definition) is 10. The minimum Gasteiger partial charge on any atom is -0.491 e. The molecule has 4 aromatic rings. The summed E-state index contributed by atoms with van der Waals surface area (Å²) in [6.07, 6.45) is 1.08. The van der Waals surface area contributed by atoms with E-state index in [4.69, 9.17) is 19.0 Å². The van der Waals surface area contributed by atoms with Crippen LogP contribution >= 0.6 is 0 Å². The summed E-state index contributed by atoms with van der Waals surface area (Å²) in [6, 6.07) is 7.46. The topological polar surface area (TPSA) is 124 Å². The van der Waals surface area contributed by atoms with E-state index in [1.165, 1.54) is 0 Å². The fraction of sp³-hybridized carbons (Fsp3) is 0.409. The van der Waals surface area contributed by atoms with Crippen LogP contribution in [0, 0.1) is 6.92 Å². The van der Waals surface area contributed by atoms with E-state index in [1.807, 2.05) is 19.1 Å². The molecule has 1 atom stereocenters. The number of nitrogens with zero attached hydrogens (tertiary/aromatic N) is 7. The van der Waals surface area contributed by atoms with E-state index >= 15 is 0 Å². The van der Waals surface area contributed by atoms with Gasteiger partial charge in [0, 0.05) is 37.3 Å². The van der Waals surface area contributed by atoms with Crippen LogP contribution in [0.4, 0.5) is 0 Å². The summed E-state index contributed by atoms with van der Waals surface area (Å²) in [5, 5.41) is 27.0. The van der Waals surface area contributed by atoms with Crippen LogP contribution in [0.2, 0.25) is 0 Å². The van der Waals surface area contributed by atoms with Crippen molar-refractivity contribution in [3.05, 3.63) is 47.0 Å². The molecule has 33 heavy (non-hydrogen) atoms. The number of aryl methyl sites for hydroxylation is 1. The van der Waals surface area contributed by atoms with Gasteiger partial charge in [-0.3, -0.25) is 9.88 Å². The molecule has 4 aromatic heterocycles. The monoisotopic (exact) mass is 451 g/mol. The molecule has 0 fully saturated rings. The molecule has 172 valence electrons. The number of pyridine rings is 1. The van der Waals surface area contributed by atoms with Gasteiger partial charge in [-0.05, 0) is 25.0 Å². The molecule has 5 heterocycles. The number of methoxy groups -OCH3 is 1. The maximum Gasteiger partial charge on any atom is 0.275 e. The van der Waals surface area contributed by atoms with Crippen molar-refractivity contribution in [3.8, 4) is 23.1 Å². The summed E-state index contributed by atoms with van der Waals surface area (Å²) in [6.45, 7) is 5.49. The molecule has 0 spiro atoms. The SMILES string of the molecule is CCC(O)N1CCc2nc(COc3nn4c(-c5cc(C)on5)nnc4cc3OC)ccc2C1. The molecule has 11 nitrogen and oxygen atoms in total. The van der Waals surface area contributed by atoms with Gasteiger partial charge in [0.2, 0.25) is 5.82 Å². The quantitative estimate of drug-likeness (QED) is 0.447. The average molecular weight is 451 g/mol. The third-order valence-corrected chi connectivity index (χ3v) is 5.68. The Morgan fingerprint density at radius 1 is 1.24 bits per heavy atom. The number of aromatic nitrogens is 6. The maximum absolute atomic E-state index is 10.1. The number of fused-ring (bicyclic) bond motifs is 2. The van der Waals surface area contributed by atoms with E-state index in [0.29, 0.717) is 47.5 Å². The van der Waals surface area contributed by atoms with E-state index in [1.54, 1.807) is 30.7 Å². The molecule has 1 N–H and O–H groups in total. The van der Waals surface area contributed by atoms with Crippen LogP contribution in [0.15, 0.2) is 28.8 Å². The fourth-order valence-corrected chi connectivity index (χ4v) is 3.90. The van der Waals surface area contributed by atoms with Gasteiger partial charge in [0.25, 0.3) is 5.88 Å². The first-order valence-corrected chi connectivity index (χ1v) is 10.8. The predicted octanol–water partition coefficient (Wildman–Crippen LogP) is 2.16. The predicted molar refractivity (Wildman–Crippen MR) is 117 cm³/mol. The highest BCUT2D eigenvalue weighted by Gasteiger charge is 2.22. The first-order chi connectivity index (χ1) is 16.1. The van der Waals surface area contributed by atoms with Gasteiger partial charge < -0.3 is 19.1 Å². The van der Waals surface area contributed by atoms with Crippen molar-refractivity contribution in [1.82, 2.24) is 34.9 Å². The molecule has 0 bridgehead atoms. The molecule has 0 amide bonds. The van der Waals surface area contributed by atoms with Crippen molar-refractivity contribution in [2.45, 2.75) is 46.1 Å². The highest BCUT2D eigenvalue weighted by Crippen LogP contribution is 2.28. The lowest BCUT2D eigenvalue weighted by molar-refractivity contribution is -0.00833. The molecular weight excluding hydrogens is 426 g/mol. The summed E-state index contributed by atoms with van der Waals surface area (Å²) >= 11 is 0. The summed E-state index contributed by atoms with van der Waals surface area (Å²) < 4.78 is 18.1. The molecule has 1 aliphatic rings. The number of aliphatic hydroxyl groups is 1. The third kappa shape index (κ3) is 4.12. The standard InChI is InChI=1S/C22H25N7O4/c1-4-20(30)28-8-7-16-14(11-28)5-6-15(23-16)12-32-22-18(31-3)10-19-24-25-21(29(19)26-22)17-9-13(2)33-27-17/h5-6,9-10,20,30H,4,7-8,11-12H2,1-3H3. The second-order valence-electron chi connectivity index (χ2n) is 7.94. The Morgan fingerprint density at radius 2 is 2.12 bits per heavy atom. The number of ether oxygens (including phenoxy) is 2. The van der Waals surface area contributed by atoms with Crippen molar-refractivity contribution in [2.24, 2.45) is 0 Å². The van der Waals surface area contributed by atoms with Crippen molar-refractivity contribution in [1.29, 1.82) is 0 Å². The first-order valence-electron chi connectivity index (χ1n) is 10.8. The van der Waals surface area contributed by atoms with Crippen LogP contribution in [-0.2, 0) is 19.6 Å². The summed E-state index contributed by atoms with van der Waals surface area (Å²) in [7, 11) is 1.55. The van der Waals surface area contributed by atoms with E-state index in [-0.39, 0.29) is 6.61 Å². The van der Waals surface area contributed by atoms with Gasteiger partial charge in [0.05, 0.1) is 12.8 Å². The molecule has 0 aliphatic carbocycles. The summed E-state index contributed by atoms with van der Waals surface area (Å²) in [4.78, 5) is 6.83. The van der Waals surface area contributed by atoms with Gasteiger partial charge in [-0.25, -0.2) is 0 Å². The molecule has 5 rings (SSSR count). The Hall–Kier alpha value is -3.57. The van der Waals surface area contributed by atoms with Gasteiger partial charge in [0.1, 0.15) is 18.6 Å². The zero-order chi connectivity index (χ0) is 22.9. The Bertz CT molecular complexity index is 1290. The van der Waals surface area contributed by atoms with E-state index in [9.17, 15) is 5.11 Å². The molecule has 0 radical (unpaired) electrons. The average Bonchev–Trinajstić information content (AvgIpc) is 3.46.